The Morgan fingerprint density at radius 3 is 2.25 bits per heavy atom. The van der Waals surface area contributed by atoms with Crippen LogP contribution in [0.15, 0.2) is 24.3 Å². The molecule has 1 aromatic rings. The molecule has 134 valence electrons. The summed E-state index contributed by atoms with van der Waals surface area (Å²) >= 11 is 0. The second kappa shape index (κ2) is 7.22. The van der Waals surface area contributed by atoms with E-state index in [4.69, 9.17) is 4.74 Å². The first-order chi connectivity index (χ1) is 11.3. The Hall–Kier alpha value is -1.42. The van der Waals surface area contributed by atoms with Gasteiger partial charge in [0.1, 0.15) is 5.75 Å². The van der Waals surface area contributed by atoms with Gasteiger partial charge in [0.2, 0.25) is 0 Å². The second-order valence-corrected chi connectivity index (χ2v) is 6.86. The number of benzene rings is 1. The second-order valence-electron chi connectivity index (χ2n) is 6.86. The van der Waals surface area contributed by atoms with Crippen molar-refractivity contribution in [3.8, 4) is 5.75 Å². The van der Waals surface area contributed by atoms with Crippen molar-refractivity contribution in [1.82, 2.24) is 0 Å². The van der Waals surface area contributed by atoms with E-state index in [2.05, 4.69) is 0 Å². The molecule has 0 radical (unpaired) electrons. The molecule has 0 heterocycles. The minimum absolute atomic E-state index is 0.197. The lowest BCUT2D eigenvalue weighted by atomic mass is 9.69. The van der Waals surface area contributed by atoms with Gasteiger partial charge in [-0.3, -0.25) is 0 Å². The van der Waals surface area contributed by atoms with Crippen molar-refractivity contribution < 1.29 is 18.6 Å². The maximum absolute atomic E-state index is 15.1. The third-order valence-corrected chi connectivity index (χ3v) is 5.31. The number of hydrogen-bond donors (Lipinski definition) is 1. The molecule has 2 nitrogen and oxygen atoms in total. The first-order valence-corrected chi connectivity index (χ1v) is 8.67. The number of aryl methyl sites for hydroxylation is 2. The Morgan fingerprint density at radius 2 is 1.71 bits per heavy atom. The molecule has 0 amide bonds. The summed E-state index contributed by atoms with van der Waals surface area (Å²) in [6.45, 7) is 5.32. The van der Waals surface area contributed by atoms with Crippen LogP contribution in [0.25, 0.3) is 0 Å². The van der Waals surface area contributed by atoms with Gasteiger partial charge in [-0.25, -0.2) is 0 Å². The average molecular weight is 338 g/mol. The van der Waals surface area contributed by atoms with Crippen molar-refractivity contribution in [2.75, 3.05) is 7.11 Å². The Kier molecular flexibility index (Phi) is 5.69. The fourth-order valence-electron chi connectivity index (χ4n) is 3.78. The summed E-state index contributed by atoms with van der Waals surface area (Å²) < 4.78 is 35.6. The highest BCUT2D eigenvalue weighted by Crippen LogP contribution is 2.52. The quantitative estimate of drug-likeness (QED) is 0.739. The van der Waals surface area contributed by atoms with E-state index in [1.165, 1.54) is 13.2 Å². The summed E-state index contributed by atoms with van der Waals surface area (Å²) in [6.07, 6.45) is 6.08. The third-order valence-electron chi connectivity index (χ3n) is 5.31. The number of rotatable bonds is 5. The topological polar surface area (TPSA) is 29.5 Å². The zero-order chi connectivity index (χ0) is 18.0. The molecular weight excluding hydrogens is 310 g/mol. The molecule has 0 bridgehead atoms. The molecule has 2 rings (SSSR count). The van der Waals surface area contributed by atoms with Gasteiger partial charge in [-0.15, -0.1) is 0 Å². The molecule has 0 spiro atoms. The molecule has 1 N–H and O–H groups in total. The van der Waals surface area contributed by atoms with Crippen LogP contribution < -0.4 is 4.74 Å². The number of halogens is 2. The molecule has 0 saturated heterocycles. The number of aliphatic hydroxyl groups is 1. The first-order valence-electron chi connectivity index (χ1n) is 8.67. The maximum atomic E-state index is 15.1. The largest absolute Gasteiger partial charge is 0.496 e. The monoisotopic (exact) mass is 338 g/mol. The lowest BCUT2D eigenvalue weighted by Gasteiger charge is -2.43. The van der Waals surface area contributed by atoms with Crippen LogP contribution in [0.1, 0.15) is 55.7 Å². The van der Waals surface area contributed by atoms with Crippen molar-refractivity contribution in [3.63, 3.8) is 0 Å². The zero-order valence-electron chi connectivity index (χ0n) is 15.0. The molecular formula is C20H28F2O2. The molecule has 24 heavy (non-hydrogen) atoms. The predicted octanol–water partition coefficient (Wildman–Crippen LogP) is 5.29. The van der Waals surface area contributed by atoms with E-state index in [-0.39, 0.29) is 5.56 Å². The normalized spacial score (nSPS) is 19.5. The summed E-state index contributed by atoms with van der Waals surface area (Å²) in [5.41, 5.74) is -0.237. The predicted molar refractivity (Wildman–Crippen MR) is 92.7 cm³/mol. The molecule has 1 aromatic carbocycles. The highest BCUT2D eigenvalue weighted by atomic mass is 19.3. The van der Waals surface area contributed by atoms with Gasteiger partial charge < -0.3 is 9.84 Å². The highest BCUT2D eigenvalue weighted by Gasteiger charge is 2.57. The SMILES string of the molecule is C/C=C/C(F)(F)C(O)(c1cc(C)c(C)cc1OC)C1CCCCC1. The third kappa shape index (κ3) is 3.21. The van der Waals surface area contributed by atoms with Gasteiger partial charge in [-0.1, -0.05) is 25.3 Å². The van der Waals surface area contributed by atoms with Crippen LogP contribution in [0.5, 0.6) is 5.75 Å². The molecule has 1 saturated carbocycles. The lowest BCUT2D eigenvalue weighted by Crippen LogP contribution is -2.50. The van der Waals surface area contributed by atoms with E-state index in [0.717, 1.165) is 36.5 Å². The molecule has 1 fully saturated rings. The molecule has 4 heteroatoms. The van der Waals surface area contributed by atoms with Gasteiger partial charge in [-0.05, 0) is 68.9 Å². The number of ether oxygens (including phenoxy) is 1. The van der Waals surface area contributed by atoms with Crippen molar-refractivity contribution >= 4 is 0 Å². The summed E-state index contributed by atoms with van der Waals surface area (Å²) in [7, 11) is 1.46. The Labute approximate surface area is 143 Å². The van der Waals surface area contributed by atoms with Gasteiger partial charge in [0.05, 0.1) is 7.11 Å². The van der Waals surface area contributed by atoms with E-state index in [0.29, 0.717) is 18.6 Å². The number of alkyl halides is 2. The zero-order valence-corrected chi connectivity index (χ0v) is 15.0. The van der Waals surface area contributed by atoms with E-state index in [1.54, 1.807) is 19.1 Å². The van der Waals surface area contributed by atoms with E-state index >= 15 is 8.78 Å². The summed E-state index contributed by atoms with van der Waals surface area (Å²) in [5, 5.41) is 11.4. The van der Waals surface area contributed by atoms with Crippen molar-refractivity contribution in [1.29, 1.82) is 0 Å². The van der Waals surface area contributed by atoms with Crippen LogP contribution in [0.4, 0.5) is 8.78 Å². The van der Waals surface area contributed by atoms with Crippen molar-refractivity contribution in [2.45, 2.75) is 64.4 Å². The van der Waals surface area contributed by atoms with Crippen LogP contribution >= 0.6 is 0 Å². The number of allylic oxidation sites excluding steroid dienone is 1. The number of hydrogen-bond acceptors (Lipinski definition) is 2. The van der Waals surface area contributed by atoms with Gasteiger partial charge >= 0.3 is 0 Å². The fraction of sp³-hybridized carbons (Fsp3) is 0.600. The lowest BCUT2D eigenvalue weighted by molar-refractivity contribution is -0.194. The van der Waals surface area contributed by atoms with Crippen LogP contribution in [0.2, 0.25) is 0 Å². The molecule has 1 atom stereocenters. The molecule has 1 unspecified atom stereocenters. The van der Waals surface area contributed by atoms with Crippen LogP contribution in [0.3, 0.4) is 0 Å². The molecule has 1 aliphatic rings. The first kappa shape index (κ1) is 18.9. The van der Waals surface area contributed by atoms with E-state index < -0.39 is 17.4 Å². The Morgan fingerprint density at radius 1 is 1.12 bits per heavy atom. The minimum atomic E-state index is -3.36. The molecule has 0 aliphatic heterocycles. The highest BCUT2D eigenvalue weighted by molar-refractivity contribution is 5.47. The van der Waals surface area contributed by atoms with Crippen molar-refractivity contribution in [2.24, 2.45) is 5.92 Å². The molecule has 0 aromatic heterocycles. The van der Waals surface area contributed by atoms with Crippen LogP contribution in [-0.4, -0.2) is 18.1 Å². The molecule has 1 aliphatic carbocycles. The standard InChI is InChI=1S/C20H28F2O2/c1-5-11-19(21,22)20(23,16-9-7-6-8-10-16)17-12-14(2)15(3)13-18(17)24-4/h5,11-13,16,23H,6-10H2,1-4H3/b11-5+. The smallest absolute Gasteiger partial charge is 0.299 e. The van der Waals surface area contributed by atoms with Crippen LogP contribution in [-0.2, 0) is 5.60 Å². The van der Waals surface area contributed by atoms with Crippen LogP contribution in [0, 0.1) is 19.8 Å². The Balaban J connectivity index is 2.68. The fourth-order valence-corrected chi connectivity index (χ4v) is 3.78. The van der Waals surface area contributed by atoms with Gasteiger partial charge in [0.15, 0.2) is 5.60 Å². The van der Waals surface area contributed by atoms with E-state index in [9.17, 15) is 5.11 Å². The van der Waals surface area contributed by atoms with Gasteiger partial charge in [0.25, 0.3) is 5.92 Å². The number of methoxy groups -OCH3 is 1. The Bertz CT molecular complexity index is 604. The average Bonchev–Trinajstić information content (AvgIpc) is 2.56. The van der Waals surface area contributed by atoms with Crippen molar-refractivity contribution in [3.05, 3.63) is 41.0 Å². The van der Waals surface area contributed by atoms with E-state index in [1.807, 2.05) is 13.8 Å². The summed E-state index contributed by atoms with van der Waals surface area (Å²) in [6, 6.07) is 3.41. The van der Waals surface area contributed by atoms with Gasteiger partial charge in [0, 0.05) is 5.56 Å². The van der Waals surface area contributed by atoms with Gasteiger partial charge in [-0.2, -0.15) is 8.78 Å². The summed E-state index contributed by atoms with van der Waals surface area (Å²) in [5.74, 6) is -3.53. The minimum Gasteiger partial charge on any atom is -0.496 e. The summed E-state index contributed by atoms with van der Waals surface area (Å²) in [4.78, 5) is 0. The maximum Gasteiger partial charge on any atom is 0.299 e.